The zero-order valence-electron chi connectivity index (χ0n) is 10.6. The lowest BCUT2D eigenvalue weighted by Gasteiger charge is -2.38. The Labute approximate surface area is 123 Å². The fourth-order valence-electron chi connectivity index (χ4n) is 1.89. The van der Waals surface area contributed by atoms with Crippen LogP contribution in [0.2, 0.25) is 0 Å². The molecule has 3 N–H and O–H groups in total. The van der Waals surface area contributed by atoms with E-state index in [1.165, 1.54) is 0 Å². The summed E-state index contributed by atoms with van der Waals surface area (Å²) in [6.45, 7) is 0.147. The second-order valence-electron chi connectivity index (χ2n) is 4.79. The molecule has 110 valence electrons. The fourth-order valence-corrected chi connectivity index (χ4v) is 3.05. The van der Waals surface area contributed by atoms with E-state index in [1.54, 1.807) is 6.07 Å². The number of sulfonamides is 1. The molecular weight excluding hydrogens is 305 g/mol. The van der Waals surface area contributed by atoms with Crippen molar-refractivity contribution in [2.45, 2.75) is 29.7 Å². The molecule has 0 aromatic heterocycles. The SMILES string of the molecule is Cl.N#Cc1cc(S(=O)(=O)NCC2(N)CCC2)ccc1F. The Morgan fingerprint density at radius 1 is 1.45 bits per heavy atom. The summed E-state index contributed by atoms with van der Waals surface area (Å²) in [7, 11) is -3.77. The van der Waals surface area contributed by atoms with Gasteiger partial charge >= 0.3 is 0 Å². The van der Waals surface area contributed by atoms with Gasteiger partial charge in [-0.25, -0.2) is 17.5 Å². The van der Waals surface area contributed by atoms with Gasteiger partial charge in [-0.3, -0.25) is 0 Å². The van der Waals surface area contributed by atoms with Crippen LogP contribution in [0.5, 0.6) is 0 Å². The molecule has 8 heteroatoms. The van der Waals surface area contributed by atoms with Crippen molar-refractivity contribution in [2.24, 2.45) is 5.73 Å². The summed E-state index contributed by atoms with van der Waals surface area (Å²) in [6.07, 6.45) is 2.55. The first-order valence-corrected chi connectivity index (χ1v) is 7.33. The first kappa shape index (κ1) is 16.9. The van der Waals surface area contributed by atoms with Gasteiger partial charge in [-0.05, 0) is 37.5 Å². The fraction of sp³-hybridized carbons (Fsp3) is 0.417. The standard InChI is InChI=1S/C12H14FN3O2S.ClH/c13-11-3-2-10(6-9(11)7-14)19(17,18)16-8-12(15)4-1-5-12;/h2-3,6,16H,1,4-5,8,15H2;1H. The molecule has 0 amide bonds. The normalized spacial score (nSPS) is 16.6. The third-order valence-corrected chi connectivity index (χ3v) is 4.73. The molecule has 0 aliphatic heterocycles. The molecule has 0 unspecified atom stereocenters. The van der Waals surface area contributed by atoms with Gasteiger partial charge in [0.2, 0.25) is 10.0 Å². The van der Waals surface area contributed by atoms with Crippen molar-refractivity contribution in [2.75, 3.05) is 6.54 Å². The van der Waals surface area contributed by atoms with Gasteiger partial charge in [0.15, 0.2) is 0 Å². The van der Waals surface area contributed by atoms with E-state index in [0.29, 0.717) is 0 Å². The van der Waals surface area contributed by atoms with Crippen LogP contribution in [-0.2, 0) is 10.0 Å². The summed E-state index contributed by atoms with van der Waals surface area (Å²) in [5.41, 5.74) is 5.15. The van der Waals surface area contributed by atoms with Crippen molar-refractivity contribution in [3.8, 4) is 6.07 Å². The maximum Gasteiger partial charge on any atom is 0.240 e. The van der Waals surface area contributed by atoms with Gasteiger partial charge in [-0.1, -0.05) is 0 Å². The summed E-state index contributed by atoms with van der Waals surface area (Å²) < 4.78 is 39.5. The van der Waals surface area contributed by atoms with Crippen LogP contribution in [0.1, 0.15) is 24.8 Å². The Morgan fingerprint density at radius 3 is 2.60 bits per heavy atom. The smallest absolute Gasteiger partial charge is 0.240 e. The zero-order valence-corrected chi connectivity index (χ0v) is 12.2. The minimum absolute atomic E-state index is 0. The lowest BCUT2D eigenvalue weighted by Crippen LogP contribution is -2.54. The van der Waals surface area contributed by atoms with Crippen LogP contribution in [0.25, 0.3) is 0 Å². The van der Waals surface area contributed by atoms with E-state index in [0.717, 1.165) is 37.5 Å². The van der Waals surface area contributed by atoms with Gasteiger partial charge in [0.05, 0.1) is 10.5 Å². The van der Waals surface area contributed by atoms with Crippen LogP contribution in [-0.4, -0.2) is 20.5 Å². The van der Waals surface area contributed by atoms with Gasteiger partial charge < -0.3 is 5.73 Å². The Hall–Kier alpha value is -1.20. The second-order valence-corrected chi connectivity index (χ2v) is 6.56. The number of nitrogens with zero attached hydrogens (tertiary/aromatic N) is 1. The van der Waals surface area contributed by atoms with Crippen molar-refractivity contribution in [1.29, 1.82) is 5.26 Å². The summed E-state index contributed by atoms with van der Waals surface area (Å²) in [5, 5.41) is 8.69. The van der Waals surface area contributed by atoms with Gasteiger partial charge in [0, 0.05) is 12.1 Å². The van der Waals surface area contributed by atoms with Crippen LogP contribution >= 0.6 is 12.4 Å². The highest BCUT2D eigenvalue weighted by molar-refractivity contribution is 7.89. The first-order valence-electron chi connectivity index (χ1n) is 5.85. The predicted molar refractivity (Wildman–Crippen MR) is 74.3 cm³/mol. The summed E-state index contributed by atoms with van der Waals surface area (Å²) >= 11 is 0. The minimum atomic E-state index is -3.77. The van der Waals surface area contributed by atoms with Gasteiger partial charge in [-0.15, -0.1) is 12.4 Å². The Morgan fingerprint density at radius 2 is 2.10 bits per heavy atom. The second kappa shape index (κ2) is 6.06. The molecule has 0 saturated heterocycles. The number of hydrogen-bond acceptors (Lipinski definition) is 4. The molecule has 2 rings (SSSR count). The first-order chi connectivity index (χ1) is 8.86. The van der Waals surface area contributed by atoms with Crippen LogP contribution < -0.4 is 10.5 Å². The van der Waals surface area contributed by atoms with Crippen LogP contribution in [0.15, 0.2) is 23.1 Å². The number of halogens is 2. The highest BCUT2D eigenvalue weighted by Crippen LogP contribution is 2.28. The largest absolute Gasteiger partial charge is 0.324 e. The van der Waals surface area contributed by atoms with E-state index in [4.69, 9.17) is 11.0 Å². The van der Waals surface area contributed by atoms with Crippen molar-refractivity contribution < 1.29 is 12.8 Å². The molecule has 0 heterocycles. The lowest BCUT2D eigenvalue weighted by molar-refractivity contribution is 0.251. The minimum Gasteiger partial charge on any atom is -0.324 e. The maximum absolute atomic E-state index is 13.1. The number of nitrogens with one attached hydrogen (secondary N) is 1. The van der Waals surface area contributed by atoms with Crippen molar-refractivity contribution in [1.82, 2.24) is 4.72 Å². The molecule has 0 atom stereocenters. The van der Waals surface area contributed by atoms with E-state index in [1.807, 2.05) is 0 Å². The molecular formula is C12H15ClFN3O2S. The number of nitriles is 1. The number of rotatable bonds is 4. The Kier molecular flexibility index (Phi) is 5.10. The average molecular weight is 320 g/mol. The molecule has 20 heavy (non-hydrogen) atoms. The number of nitrogens with two attached hydrogens (primary N) is 1. The average Bonchev–Trinajstić information content (AvgIpc) is 2.34. The van der Waals surface area contributed by atoms with Gasteiger partial charge in [0.25, 0.3) is 0 Å². The highest BCUT2D eigenvalue weighted by atomic mass is 35.5. The molecule has 0 spiro atoms. The van der Waals surface area contributed by atoms with Gasteiger partial charge in [0.1, 0.15) is 11.9 Å². The predicted octanol–water partition coefficient (Wildman–Crippen LogP) is 1.28. The zero-order chi connectivity index (χ0) is 14.1. The third-order valence-electron chi connectivity index (χ3n) is 3.33. The van der Waals surface area contributed by atoms with Crippen molar-refractivity contribution in [3.63, 3.8) is 0 Å². The third kappa shape index (κ3) is 3.46. The summed E-state index contributed by atoms with van der Waals surface area (Å²) in [6, 6.07) is 4.72. The van der Waals surface area contributed by atoms with Crippen LogP contribution in [0.4, 0.5) is 4.39 Å². The Bertz CT molecular complexity index is 639. The van der Waals surface area contributed by atoms with E-state index in [-0.39, 0.29) is 29.4 Å². The van der Waals surface area contributed by atoms with E-state index in [9.17, 15) is 12.8 Å². The number of benzene rings is 1. The molecule has 0 radical (unpaired) electrons. The van der Waals surface area contributed by atoms with Crippen molar-refractivity contribution in [3.05, 3.63) is 29.6 Å². The molecule has 1 aromatic rings. The quantitative estimate of drug-likeness (QED) is 0.873. The number of hydrogen-bond donors (Lipinski definition) is 2. The van der Waals surface area contributed by atoms with E-state index < -0.39 is 21.4 Å². The van der Waals surface area contributed by atoms with Gasteiger partial charge in [-0.2, -0.15) is 5.26 Å². The van der Waals surface area contributed by atoms with Crippen LogP contribution in [0, 0.1) is 17.1 Å². The van der Waals surface area contributed by atoms with Crippen LogP contribution in [0.3, 0.4) is 0 Å². The molecule has 5 nitrogen and oxygen atoms in total. The molecule has 1 fully saturated rings. The summed E-state index contributed by atoms with van der Waals surface area (Å²) in [5.74, 6) is -0.740. The lowest BCUT2D eigenvalue weighted by atomic mass is 9.78. The highest BCUT2D eigenvalue weighted by Gasteiger charge is 2.33. The Balaban J connectivity index is 0.00000200. The molecule has 1 aliphatic carbocycles. The molecule has 1 saturated carbocycles. The molecule has 0 bridgehead atoms. The molecule has 1 aromatic carbocycles. The van der Waals surface area contributed by atoms with Crippen molar-refractivity contribution >= 4 is 22.4 Å². The van der Waals surface area contributed by atoms with E-state index in [2.05, 4.69) is 4.72 Å². The van der Waals surface area contributed by atoms with E-state index >= 15 is 0 Å². The maximum atomic E-state index is 13.1. The summed E-state index contributed by atoms with van der Waals surface area (Å²) in [4.78, 5) is -0.131. The topological polar surface area (TPSA) is 96.0 Å². The molecule has 1 aliphatic rings. The monoisotopic (exact) mass is 319 g/mol.